The Bertz CT molecular complexity index is 338. The van der Waals surface area contributed by atoms with Gasteiger partial charge in [-0.2, -0.15) is 12.7 Å². The molecule has 0 aliphatic carbocycles. The maximum atomic E-state index is 9.63. The molecular weight excluding hydrogens is 361 g/mol. The Kier molecular flexibility index (Phi) is 23.3. The van der Waals surface area contributed by atoms with Crippen LogP contribution in [0, 0.1) is 0 Å². The third-order valence-corrected chi connectivity index (χ3v) is 1.91. The fraction of sp³-hybridized carbons (Fsp3) is 0. The molecule has 6 N–H and O–H groups in total. The van der Waals surface area contributed by atoms with Gasteiger partial charge in [0.15, 0.2) is 17.4 Å². The van der Waals surface area contributed by atoms with E-state index in [-0.39, 0.29) is 83.9 Å². The molecule has 0 atom stereocenters. The van der Waals surface area contributed by atoms with Crippen molar-refractivity contribution in [3.8, 4) is 0 Å². The summed E-state index contributed by atoms with van der Waals surface area (Å²) in [6, 6.07) is 0. The zero-order valence-corrected chi connectivity index (χ0v) is 13.7. The molecule has 102 valence electrons. The molecule has 0 aromatic heterocycles. The summed E-state index contributed by atoms with van der Waals surface area (Å²) in [6.07, 6.45) is 0. The summed E-state index contributed by atoms with van der Waals surface area (Å²) in [5.74, 6) is 0. The van der Waals surface area contributed by atoms with Crippen molar-refractivity contribution in [2.45, 2.75) is 0 Å². The molecule has 0 aliphatic heterocycles. The van der Waals surface area contributed by atoms with Gasteiger partial charge in [-0.1, -0.05) is 0 Å². The SMILES string of the molecule is O=P(O)(O)OP(=O)(O)O.O=S(=O)(O)O.[AlH3].[Ca+2].[H-].[H-].[H-].[H-].[Mg+2]. The second kappa shape index (κ2) is 12.4. The van der Waals surface area contributed by atoms with Crippen molar-refractivity contribution < 1.29 is 56.2 Å². The van der Waals surface area contributed by atoms with Gasteiger partial charge in [-0.25, -0.2) is 9.13 Å². The van der Waals surface area contributed by atoms with Crippen molar-refractivity contribution in [3.05, 3.63) is 0 Å². The van der Waals surface area contributed by atoms with Gasteiger partial charge in [-0.3, -0.25) is 9.11 Å². The van der Waals surface area contributed by atoms with Gasteiger partial charge < -0.3 is 25.3 Å². The topological polar surface area (TPSA) is 199 Å². The Morgan fingerprint density at radius 2 is 1.06 bits per heavy atom. The van der Waals surface area contributed by atoms with E-state index in [9.17, 15) is 9.13 Å². The van der Waals surface area contributed by atoms with E-state index in [2.05, 4.69) is 4.31 Å². The maximum absolute atomic E-state index is 9.63. The summed E-state index contributed by atoms with van der Waals surface area (Å²) in [6.45, 7) is 0. The van der Waals surface area contributed by atoms with Gasteiger partial charge in [0.25, 0.3) is 0 Å². The molecule has 0 heterocycles. The third kappa shape index (κ3) is 68.9. The normalized spacial score (nSPS) is 10.7. The predicted molar refractivity (Wildman–Crippen MR) is 65.2 cm³/mol. The molecule has 0 amide bonds. The molecule has 0 aromatic rings. The first-order chi connectivity index (χ1) is 5.71. The van der Waals surface area contributed by atoms with Crippen LogP contribution in [0.15, 0.2) is 0 Å². The largest absolute Gasteiger partial charge is 2.00 e. The Morgan fingerprint density at radius 1 is 0.941 bits per heavy atom. The van der Waals surface area contributed by atoms with Crippen molar-refractivity contribution in [2.24, 2.45) is 0 Å². The molecule has 17 heteroatoms. The number of hydrogen-bond donors (Lipinski definition) is 6. The Balaban J connectivity index is -0.0000000157. The molecular formula is H13AlCaMgO11P2S. The van der Waals surface area contributed by atoms with Gasteiger partial charge in [0.05, 0.1) is 0 Å². The molecule has 0 fully saturated rings. The van der Waals surface area contributed by atoms with Crippen LogP contribution in [0.3, 0.4) is 0 Å². The van der Waals surface area contributed by atoms with Crippen LogP contribution in [-0.4, -0.2) is 115 Å². The van der Waals surface area contributed by atoms with E-state index in [1.54, 1.807) is 0 Å². The average Bonchev–Trinajstić information content (AvgIpc) is 1.42. The van der Waals surface area contributed by atoms with Crippen LogP contribution in [-0.2, 0) is 23.8 Å². The van der Waals surface area contributed by atoms with Gasteiger partial charge in [0, 0.05) is 0 Å². The molecule has 0 aliphatic rings. The zero-order chi connectivity index (χ0) is 12.2. The minimum atomic E-state index is -5.05. The number of phosphoric acid groups is 2. The Labute approximate surface area is 159 Å². The van der Waals surface area contributed by atoms with Crippen molar-refractivity contribution in [2.75, 3.05) is 0 Å². The quantitative estimate of drug-likeness (QED) is 0.164. The van der Waals surface area contributed by atoms with Gasteiger partial charge in [0.1, 0.15) is 0 Å². The molecule has 0 aromatic carbocycles. The molecule has 0 spiro atoms. The van der Waals surface area contributed by atoms with E-state index in [0.29, 0.717) is 0 Å². The van der Waals surface area contributed by atoms with Crippen molar-refractivity contribution >= 4 is 104 Å². The summed E-state index contributed by atoms with van der Waals surface area (Å²) >= 11 is 0. The van der Waals surface area contributed by atoms with Crippen LogP contribution in [0.1, 0.15) is 5.71 Å². The van der Waals surface area contributed by atoms with Crippen LogP contribution in [0.2, 0.25) is 0 Å². The smallest absolute Gasteiger partial charge is 1.00 e. The van der Waals surface area contributed by atoms with E-state index >= 15 is 0 Å². The summed E-state index contributed by atoms with van der Waals surface area (Å²) in [7, 11) is -14.8. The minimum Gasteiger partial charge on any atom is -1.00 e. The Hall–Kier alpha value is 2.69. The fourth-order valence-corrected chi connectivity index (χ4v) is 1.25. The van der Waals surface area contributed by atoms with Crippen molar-refractivity contribution in [3.63, 3.8) is 0 Å². The molecule has 0 radical (unpaired) electrons. The second-order valence-electron chi connectivity index (χ2n) is 1.51. The molecule has 17 heavy (non-hydrogen) atoms. The van der Waals surface area contributed by atoms with E-state index in [4.69, 9.17) is 37.1 Å². The molecule has 11 nitrogen and oxygen atoms in total. The summed E-state index contributed by atoms with van der Waals surface area (Å²) in [5, 5.41) is 0. The Morgan fingerprint density at radius 3 is 1.06 bits per heavy atom. The molecule has 0 rings (SSSR count). The second-order valence-corrected chi connectivity index (χ2v) is 5.02. The molecule has 0 saturated heterocycles. The van der Waals surface area contributed by atoms with Gasteiger partial charge in [-0.15, -0.1) is 0 Å². The van der Waals surface area contributed by atoms with E-state index in [0.717, 1.165) is 0 Å². The maximum Gasteiger partial charge on any atom is 2.00 e. The first kappa shape index (κ1) is 31.9. The summed E-state index contributed by atoms with van der Waals surface area (Å²) < 4.78 is 53.8. The van der Waals surface area contributed by atoms with Gasteiger partial charge in [-0.05, 0) is 0 Å². The van der Waals surface area contributed by atoms with Crippen LogP contribution < -0.4 is 0 Å². The number of rotatable bonds is 2. The predicted octanol–water partition coefficient (Wildman–Crippen LogP) is -2.96. The van der Waals surface area contributed by atoms with E-state index in [1.807, 2.05) is 0 Å². The summed E-state index contributed by atoms with van der Waals surface area (Å²) in [5.41, 5.74) is 0. The minimum absolute atomic E-state index is 0. The standard InChI is InChI=1S/Al.Ca.Mg.H4O7P2.H2O4S.7H/c;;;1-8(2,3)7-9(4,5)6;1-5(2,3)4;;;;;;;/h;;;(H2,1,2,3)(H2,4,5,6);(H2,1,2,3,4);;;;;;;/q;2*+2;;;;;;4*-1. The van der Waals surface area contributed by atoms with E-state index in [1.165, 1.54) is 0 Å². The van der Waals surface area contributed by atoms with Crippen molar-refractivity contribution in [1.82, 2.24) is 0 Å². The molecule has 0 unspecified atom stereocenters. The van der Waals surface area contributed by atoms with Crippen LogP contribution in [0.5, 0.6) is 0 Å². The molecule has 0 bridgehead atoms. The fourth-order valence-electron chi connectivity index (χ4n) is 0.139. The zero-order valence-electron chi connectivity index (χ0n) is 11.4. The number of hydrogen-bond acceptors (Lipinski definition) is 5. The van der Waals surface area contributed by atoms with Gasteiger partial charge >= 0.3 is 86.8 Å². The van der Waals surface area contributed by atoms with Crippen LogP contribution in [0.25, 0.3) is 0 Å². The third-order valence-electron chi connectivity index (χ3n) is 0.213. The van der Waals surface area contributed by atoms with Crippen LogP contribution in [0.4, 0.5) is 0 Å². The summed E-state index contributed by atoms with van der Waals surface area (Å²) in [4.78, 5) is 31.0. The first-order valence-corrected chi connectivity index (χ1v) is 6.69. The average molecular weight is 374 g/mol. The van der Waals surface area contributed by atoms with Crippen molar-refractivity contribution in [1.29, 1.82) is 0 Å². The molecule has 0 saturated carbocycles. The van der Waals surface area contributed by atoms with E-state index < -0.39 is 26.0 Å². The monoisotopic (exact) mass is 374 g/mol. The van der Waals surface area contributed by atoms with Gasteiger partial charge in [0.2, 0.25) is 0 Å². The van der Waals surface area contributed by atoms with Crippen LogP contribution >= 0.6 is 15.6 Å². The first-order valence-electron chi connectivity index (χ1n) is 2.23.